The molecule has 6 rings (SSSR count). The van der Waals surface area contributed by atoms with Gasteiger partial charge in [0.25, 0.3) is 0 Å². The molecule has 2 aliphatic rings. The van der Waals surface area contributed by atoms with Gasteiger partial charge in [0.05, 0.1) is 11.6 Å². The summed E-state index contributed by atoms with van der Waals surface area (Å²) in [6.45, 7) is 4.38. The number of hydrogen-bond donors (Lipinski definition) is 1. The predicted octanol–water partition coefficient (Wildman–Crippen LogP) is 5.92. The summed E-state index contributed by atoms with van der Waals surface area (Å²) in [7, 11) is 2.04. The van der Waals surface area contributed by atoms with Gasteiger partial charge < -0.3 is 14.7 Å². The summed E-state index contributed by atoms with van der Waals surface area (Å²) in [4.78, 5) is 7.02. The van der Waals surface area contributed by atoms with Crippen molar-refractivity contribution < 1.29 is 9.84 Å². The van der Waals surface area contributed by atoms with Crippen molar-refractivity contribution >= 4 is 39.1 Å². The first-order chi connectivity index (χ1) is 14.4. The first kappa shape index (κ1) is 17.3. The molecule has 0 radical (unpaired) electrons. The van der Waals surface area contributed by atoms with E-state index in [0.29, 0.717) is 11.4 Å². The SMILES string of the molecule is CN1c2ccc3ccccc3c2C(C)(C)C12C=Nc1c(c(O)cc3ccccc13)O2. The van der Waals surface area contributed by atoms with Crippen LogP contribution in [0.2, 0.25) is 0 Å². The average Bonchev–Trinajstić information content (AvgIpc) is 2.92. The van der Waals surface area contributed by atoms with E-state index in [4.69, 9.17) is 9.73 Å². The van der Waals surface area contributed by atoms with Crippen molar-refractivity contribution in [1.82, 2.24) is 0 Å². The van der Waals surface area contributed by atoms with E-state index in [9.17, 15) is 5.11 Å². The van der Waals surface area contributed by atoms with Gasteiger partial charge in [-0.05, 0) is 47.7 Å². The zero-order valence-electron chi connectivity index (χ0n) is 17.2. The van der Waals surface area contributed by atoms with Crippen LogP contribution in [-0.4, -0.2) is 24.1 Å². The number of phenolic OH excluding ortho intramolecular Hbond substituents is 1. The van der Waals surface area contributed by atoms with Crippen LogP contribution in [0.5, 0.6) is 11.5 Å². The quantitative estimate of drug-likeness (QED) is 0.403. The van der Waals surface area contributed by atoms with Crippen molar-refractivity contribution in [3.63, 3.8) is 0 Å². The molecular formula is C26H22N2O2. The van der Waals surface area contributed by atoms with Crippen LogP contribution < -0.4 is 9.64 Å². The van der Waals surface area contributed by atoms with Gasteiger partial charge in [0.2, 0.25) is 5.72 Å². The molecule has 4 aromatic rings. The molecule has 1 unspecified atom stereocenters. The summed E-state index contributed by atoms with van der Waals surface area (Å²) in [5.41, 5.74) is 1.79. The van der Waals surface area contributed by atoms with E-state index >= 15 is 0 Å². The van der Waals surface area contributed by atoms with Gasteiger partial charge in [-0.3, -0.25) is 4.99 Å². The lowest BCUT2D eigenvalue weighted by atomic mass is 9.76. The lowest BCUT2D eigenvalue weighted by Crippen LogP contribution is -2.61. The van der Waals surface area contributed by atoms with E-state index in [0.717, 1.165) is 16.5 Å². The summed E-state index contributed by atoms with van der Waals surface area (Å²) in [6.07, 6.45) is 1.91. The molecule has 4 nitrogen and oxygen atoms in total. The van der Waals surface area contributed by atoms with Crippen LogP contribution in [0.3, 0.4) is 0 Å². The van der Waals surface area contributed by atoms with Crippen LogP contribution in [0.25, 0.3) is 21.5 Å². The van der Waals surface area contributed by atoms with Crippen molar-refractivity contribution in [1.29, 1.82) is 0 Å². The Morgan fingerprint density at radius 2 is 1.60 bits per heavy atom. The van der Waals surface area contributed by atoms with E-state index in [1.54, 1.807) is 6.07 Å². The van der Waals surface area contributed by atoms with Gasteiger partial charge in [0.1, 0.15) is 5.69 Å². The zero-order chi connectivity index (χ0) is 20.7. The monoisotopic (exact) mass is 394 g/mol. The van der Waals surface area contributed by atoms with Gasteiger partial charge in [0.15, 0.2) is 11.5 Å². The summed E-state index contributed by atoms with van der Waals surface area (Å²) < 4.78 is 6.70. The lowest BCUT2D eigenvalue weighted by molar-refractivity contribution is 0.0799. The number of anilines is 1. The molecule has 1 atom stereocenters. The largest absolute Gasteiger partial charge is 0.504 e. The van der Waals surface area contributed by atoms with E-state index < -0.39 is 11.1 Å². The van der Waals surface area contributed by atoms with Crippen LogP contribution in [0.4, 0.5) is 11.4 Å². The maximum absolute atomic E-state index is 10.8. The second-order valence-electron chi connectivity index (χ2n) is 8.72. The average molecular weight is 394 g/mol. The highest BCUT2D eigenvalue weighted by Gasteiger charge is 2.59. The number of rotatable bonds is 0. The summed E-state index contributed by atoms with van der Waals surface area (Å²) >= 11 is 0. The van der Waals surface area contributed by atoms with Crippen molar-refractivity contribution in [2.45, 2.75) is 25.0 Å². The maximum atomic E-state index is 10.8. The van der Waals surface area contributed by atoms with Gasteiger partial charge in [-0.1, -0.05) is 54.6 Å². The molecule has 0 bridgehead atoms. The maximum Gasteiger partial charge on any atom is 0.228 e. The molecule has 2 aliphatic heterocycles. The fourth-order valence-electron chi connectivity index (χ4n) is 5.28. The standard InChI is InChI=1S/C26H22N2O2/c1-25(2)22-18-10-6-4-8-16(18)12-13-20(22)28(3)26(25)15-27-23-19-11-7-5-9-17(19)14-21(29)24(23)30-26/h4-15,29H,1-3H3. The summed E-state index contributed by atoms with van der Waals surface area (Å²) in [6, 6.07) is 22.4. The summed E-state index contributed by atoms with van der Waals surface area (Å²) in [5.74, 6) is 0.554. The molecule has 0 aromatic heterocycles. The number of hydrogen-bond acceptors (Lipinski definition) is 4. The Bertz CT molecular complexity index is 1390. The van der Waals surface area contributed by atoms with Crippen molar-refractivity contribution in [2.75, 3.05) is 11.9 Å². The smallest absolute Gasteiger partial charge is 0.228 e. The second-order valence-corrected chi connectivity index (χ2v) is 8.72. The minimum Gasteiger partial charge on any atom is -0.504 e. The highest BCUT2D eigenvalue weighted by molar-refractivity contribution is 6.03. The van der Waals surface area contributed by atoms with E-state index in [-0.39, 0.29) is 5.75 Å². The number of nitrogens with zero attached hydrogens (tertiary/aromatic N) is 2. The highest BCUT2D eigenvalue weighted by Crippen LogP contribution is 2.57. The third-order valence-electron chi connectivity index (χ3n) is 6.87. The molecule has 4 aromatic carbocycles. The molecule has 4 heteroatoms. The Morgan fingerprint density at radius 1 is 0.900 bits per heavy atom. The molecule has 30 heavy (non-hydrogen) atoms. The normalized spacial score (nSPS) is 21.1. The molecule has 1 N–H and O–H groups in total. The molecule has 0 fully saturated rings. The molecule has 2 heterocycles. The Kier molecular flexibility index (Phi) is 3.20. The fourth-order valence-corrected chi connectivity index (χ4v) is 5.28. The molecule has 0 saturated carbocycles. The van der Waals surface area contributed by atoms with Crippen molar-refractivity contribution in [3.05, 3.63) is 72.3 Å². The summed E-state index contributed by atoms with van der Waals surface area (Å²) in [5, 5.41) is 15.2. The Hall–Kier alpha value is -3.53. The fraction of sp³-hybridized carbons (Fsp3) is 0.192. The van der Waals surface area contributed by atoms with Crippen LogP contribution in [0.1, 0.15) is 19.4 Å². The van der Waals surface area contributed by atoms with Crippen molar-refractivity contribution in [2.24, 2.45) is 4.99 Å². The molecule has 148 valence electrons. The van der Waals surface area contributed by atoms with Gasteiger partial charge in [-0.25, -0.2) is 0 Å². The topological polar surface area (TPSA) is 45.1 Å². The van der Waals surface area contributed by atoms with Crippen LogP contribution in [0, 0.1) is 0 Å². The van der Waals surface area contributed by atoms with Crippen molar-refractivity contribution in [3.8, 4) is 11.5 Å². The van der Waals surface area contributed by atoms with Gasteiger partial charge in [-0.15, -0.1) is 0 Å². The second kappa shape index (κ2) is 5.54. The van der Waals surface area contributed by atoms with Gasteiger partial charge in [0, 0.05) is 18.1 Å². The third kappa shape index (κ3) is 1.93. The molecule has 0 amide bonds. The Morgan fingerprint density at radius 3 is 2.40 bits per heavy atom. The zero-order valence-corrected chi connectivity index (χ0v) is 17.2. The van der Waals surface area contributed by atoms with Crippen LogP contribution >= 0.6 is 0 Å². The van der Waals surface area contributed by atoms with Crippen LogP contribution in [0.15, 0.2) is 71.7 Å². The molecule has 0 aliphatic carbocycles. The lowest BCUT2D eigenvalue weighted by Gasteiger charge is -2.45. The molecular weight excluding hydrogens is 372 g/mol. The number of likely N-dealkylation sites (N-methyl/N-ethyl adjacent to an activating group) is 1. The predicted molar refractivity (Wildman–Crippen MR) is 123 cm³/mol. The van der Waals surface area contributed by atoms with E-state index in [2.05, 4.69) is 55.1 Å². The minimum atomic E-state index is -0.841. The first-order valence-corrected chi connectivity index (χ1v) is 10.2. The van der Waals surface area contributed by atoms with Gasteiger partial charge >= 0.3 is 0 Å². The Balaban J connectivity index is 1.61. The molecule has 1 spiro atoms. The number of benzene rings is 4. The van der Waals surface area contributed by atoms with Crippen LogP contribution in [-0.2, 0) is 5.41 Å². The number of phenols is 1. The van der Waals surface area contributed by atoms with E-state index in [1.165, 1.54) is 16.3 Å². The number of aromatic hydroxyl groups is 1. The number of aliphatic imine (C=N–C) groups is 1. The molecule has 0 saturated heterocycles. The third-order valence-corrected chi connectivity index (χ3v) is 6.87. The first-order valence-electron chi connectivity index (χ1n) is 10.2. The highest BCUT2D eigenvalue weighted by atomic mass is 16.5. The van der Waals surface area contributed by atoms with Gasteiger partial charge in [-0.2, -0.15) is 0 Å². The van der Waals surface area contributed by atoms with E-state index in [1.807, 2.05) is 37.5 Å². The Labute approximate surface area is 175 Å². The minimum absolute atomic E-state index is 0.116. The number of ether oxygens (including phenoxy) is 1. The number of fused-ring (bicyclic) bond motifs is 6.